The van der Waals surface area contributed by atoms with E-state index in [-0.39, 0.29) is 5.91 Å². The third-order valence-corrected chi connectivity index (χ3v) is 3.14. The minimum absolute atomic E-state index is 0.324. The number of halogens is 2. The molecule has 0 saturated heterocycles. The highest BCUT2D eigenvalue weighted by Crippen LogP contribution is 2.22. The number of nitrogens with zero attached hydrogens (tertiary/aromatic N) is 3. The Hall–Kier alpha value is -1.85. The van der Waals surface area contributed by atoms with E-state index in [1.54, 1.807) is 36.1 Å². The molecule has 0 atom stereocenters. The van der Waals surface area contributed by atoms with E-state index < -0.39 is 0 Å². The maximum atomic E-state index is 11.8. The molecule has 0 aliphatic heterocycles. The fraction of sp³-hybridized carbons (Fsp3) is 0.0833. The van der Waals surface area contributed by atoms with Gasteiger partial charge in [-0.25, -0.2) is 5.43 Å². The second-order valence-corrected chi connectivity index (χ2v) is 4.52. The van der Waals surface area contributed by atoms with Crippen molar-refractivity contribution in [2.24, 2.45) is 12.1 Å². The highest BCUT2D eigenvalue weighted by atomic mass is 35.5. The molecular weight excluding hydrogens is 287 g/mol. The normalized spacial score (nSPS) is 10.9. The van der Waals surface area contributed by atoms with Gasteiger partial charge >= 0.3 is 0 Å². The number of nitrogens with one attached hydrogen (secondary N) is 1. The number of rotatable bonds is 3. The average Bonchev–Trinajstić information content (AvgIpc) is 2.78. The number of carbonyl (C=O) groups is 1. The summed E-state index contributed by atoms with van der Waals surface area (Å²) >= 11 is 11.6. The molecule has 0 fully saturated rings. The van der Waals surface area contributed by atoms with E-state index in [4.69, 9.17) is 23.2 Å². The van der Waals surface area contributed by atoms with Gasteiger partial charge in [-0.2, -0.15) is 10.2 Å². The summed E-state index contributed by atoms with van der Waals surface area (Å²) in [4.78, 5) is 11.8. The van der Waals surface area contributed by atoms with E-state index in [1.165, 1.54) is 12.3 Å². The van der Waals surface area contributed by atoms with Gasteiger partial charge in [0.2, 0.25) is 0 Å². The first-order chi connectivity index (χ1) is 9.08. The minimum Gasteiger partial charge on any atom is -0.267 e. The molecule has 2 aromatic rings. The number of aryl methyl sites for hydroxylation is 1. The number of hydrogen-bond donors (Lipinski definition) is 1. The molecule has 1 amide bonds. The van der Waals surface area contributed by atoms with Gasteiger partial charge in [-0.15, -0.1) is 0 Å². The lowest BCUT2D eigenvalue weighted by Gasteiger charge is -2.01. The average molecular weight is 297 g/mol. The number of amides is 1. The predicted molar refractivity (Wildman–Crippen MR) is 74.7 cm³/mol. The Morgan fingerprint density at radius 2 is 2.16 bits per heavy atom. The lowest BCUT2D eigenvalue weighted by molar-refractivity contribution is 0.0955. The van der Waals surface area contributed by atoms with E-state index >= 15 is 0 Å². The molecule has 7 heteroatoms. The Labute approximate surface area is 119 Å². The molecule has 5 nitrogen and oxygen atoms in total. The number of benzene rings is 1. The maximum absolute atomic E-state index is 11.8. The van der Waals surface area contributed by atoms with Gasteiger partial charge in [-0.1, -0.05) is 23.2 Å². The Morgan fingerprint density at radius 3 is 2.79 bits per heavy atom. The summed E-state index contributed by atoms with van der Waals surface area (Å²) in [6.45, 7) is 0. The van der Waals surface area contributed by atoms with Crippen molar-refractivity contribution < 1.29 is 4.79 Å². The van der Waals surface area contributed by atoms with Gasteiger partial charge in [-0.05, 0) is 24.3 Å². The van der Waals surface area contributed by atoms with Crippen LogP contribution in [-0.2, 0) is 7.05 Å². The lowest BCUT2D eigenvalue weighted by Crippen LogP contribution is -2.17. The van der Waals surface area contributed by atoms with Crippen LogP contribution >= 0.6 is 23.2 Å². The van der Waals surface area contributed by atoms with E-state index in [0.29, 0.717) is 15.6 Å². The van der Waals surface area contributed by atoms with Crippen LogP contribution in [0.2, 0.25) is 10.0 Å². The molecule has 19 heavy (non-hydrogen) atoms. The molecule has 0 radical (unpaired) electrons. The smallest absolute Gasteiger partial charge is 0.267 e. The summed E-state index contributed by atoms with van der Waals surface area (Å²) in [5.74, 6) is -0.364. The largest absolute Gasteiger partial charge is 0.271 e. The van der Waals surface area contributed by atoms with Crippen molar-refractivity contribution in [2.45, 2.75) is 0 Å². The van der Waals surface area contributed by atoms with Gasteiger partial charge in [0.25, 0.3) is 5.91 Å². The second-order valence-electron chi connectivity index (χ2n) is 3.71. The first-order valence-electron chi connectivity index (χ1n) is 5.34. The van der Waals surface area contributed by atoms with Crippen molar-refractivity contribution in [3.63, 3.8) is 0 Å². The van der Waals surface area contributed by atoms with Gasteiger partial charge in [0.1, 0.15) is 0 Å². The quantitative estimate of drug-likeness (QED) is 0.699. The summed E-state index contributed by atoms with van der Waals surface area (Å²) in [5, 5.41) is 8.54. The summed E-state index contributed by atoms with van der Waals surface area (Å²) in [7, 11) is 1.78. The van der Waals surface area contributed by atoms with Crippen LogP contribution in [0.5, 0.6) is 0 Å². The van der Waals surface area contributed by atoms with E-state index in [0.717, 1.165) is 5.69 Å². The van der Waals surface area contributed by atoms with Gasteiger partial charge in [0.15, 0.2) is 0 Å². The maximum Gasteiger partial charge on any atom is 0.271 e. The second kappa shape index (κ2) is 5.86. The molecule has 0 spiro atoms. The molecule has 2 rings (SSSR count). The Morgan fingerprint density at radius 1 is 1.37 bits per heavy atom. The van der Waals surface area contributed by atoms with E-state index in [9.17, 15) is 4.79 Å². The zero-order valence-corrected chi connectivity index (χ0v) is 11.5. The predicted octanol–water partition coefficient (Wildman–Crippen LogP) is 2.49. The zero-order valence-electron chi connectivity index (χ0n) is 9.97. The first kappa shape index (κ1) is 13.6. The van der Waals surface area contributed by atoms with Crippen molar-refractivity contribution in [3.05, 3.63) is 51.8 Å². The molecule has 0 aliphatic carbocycles. The third-order valence-electron chi connectivity index (χ3n) is 2.40. The number of hydrogen-bond acceptors (Lipinski definition) is 3. The van der Waals surface area contributed by atoms with Gasteiger partial charge in [0, 0.05) is 18.8 Å². The molecular formula is C12H10Cl2N4O. The van der Waals surface area contributed by atoms with Crippen molar-refractivity contribution in [3.8, 4) is 0 Å². The molecule has 1 N–H and O–H groups in total. The number of carbonyl (C=O) groups excluding carboxylic acids is 1. The third kappa shape index (κ3) is 3.33. The van der Waals surface area contributed by atoms with Crippen LogP contribution in [0, 0.1) is 0 Å². The highest BCUT2D eigenvalue weighted by molar-refractivity contribution is 6.42. The Bertz CT molecular complexity index is 636. The van der Waals surface area contributed by atoms with Crippen LogP contribution in [0.15, 0.2) is 35.6 Å². The summed E-state index contributed by atoms with van der Waals surface area (Å²) in [5.41, 5.74) is 3.56. The SMILES string of the molecule is Cn1nccc1/C=N\NC(=O)c1ccc(Cl)c(Cl)c1. The van der Waals surface area contributed by atoms with Crippen LogP contribution in [0.4, 0.5) is 0 Å². The van der Waals surface area contributed by atoms with E-state index in [2.05, 4.69) is 15.6 Å². The van der Waals surface area contributed by atoms with Gasteiger partial charge < -0.3 is 0 Å². The Balaban J connectivity index is 2.03. The standard InChI is InChI=1S/C12H10Cl2N4O/c1-18-9(4-5-16-18)7-15-17-12(19)8-2-3-10(13)11(14)6-8/h2-7H,1H3,(H,17,19)/b15-7-. The minimum atomic E-state index is -0.364. The molecule has 0 aliphatic rings. The molecule has 1 heterocycles. The van der Waals surface area contributed by atoms with Crippen LogP contribution in [0.25, 0.3) is 0 Å². The molecule has 1 aromatic carbocycles. The molecule has 0 bridgehead atoms. The fourth-order valence-corrected chi connectivity index (χ4v) is 1.67. The zero-order chi connectivity index (χ0) is 13.8. The van der Waals surface area contributed by atoms with Crippen LogP contribution in [0.1, 0.15) is 16.1 Å². The van der Waals surface area contributed by atoms with Gasteiger partial charge in [0.05, 0.1) is 22.0 Å². The fourth-order valence-electron chi connectivity index (χ4n) is 1.37. The van der Waals surface area contributed by atoms with Crippen molar-refractivity contribution in [1.29, 1.82) is 0 Å². The topological polar surface area (TPSA) is 59.3 Å². The van der Waals surface area contributed by atoms with Crippen LogP contribution in [0.3, 0.4) is 0 Å². The lowest BCUT2D eigenvalue weighted by atomic mass is 10.2. The molecule has 0 saturated carbocycles. The summed E-state index contributed by atoms with van der Waals surface area (Å²) < 4.78 is 1.63. The van der Waals surface area contributed by atoms with E-state index in [1.807, 2.05) is 0 Å². The highest BCUT2D eigenvalue weighted by Gasteiger charge is 2.06. The summed E-state index contributed by atoms with van der Waals surface area (Å²) in [6, 6.07) is 6.39. The monoisotopic (exact) mass is 296 g/mol. The van der Waals surface area contributed by atoms with Gasteiger partial charge in [-0.3, -0.25) is 9.48 Å². The molecule has 1 aromatic heterocycles. The first-order valence-corrected chi connectivity index (χ1v) is 6.10. The van der Waals surface area contributed by atoms with Crippen molar-refractivity contribution >= 4 is 35.3 Å². The number of aromatic nitrogens is 2. The molecule has 98 valence electrons. The van der Waals surface area contributed by atoms with Crippen LogP contribution in [-0.4, -0.2) is 21.9 Å². The van der Waals surface area contributed by atoms with Crippen molar-refractivity contribution in [1.82, 2.24) is 15.2 Å². The van der Waals surface area contributed by atoms with Crippen LogP contribution < -0.4 is 5.43 Å². The Kier molecular flexibility index (Phi) is 4.19. The molecule has 0 unspecified atom stereocenters. The van der Waals surface area contributed by atoms with Crippen molar-refractivity contribution in [2.75, 3.05) is 0 Å². The number of hydrazone groups is 1. The summed E-state index contributed by atoms with van der Waals surface area (Å²) in [6.07, 6.45) is 3.14.